The summed E-state index contributed by atoms with van der Waals surface area (Å²) in [5.74, 6) is -0.685. The van der Waals surface area contributed by atoms with Gasteiger partial charge in [-0.25, -0.2) is 17.9 Å². The Hall–Kier alpha value is -1.79. The summed E-state index contributed by atoms with van der Waals surface area (Å²) >= 11 is 18.0. The molecule has 2 amide bonds. The molecule has 1 aliphatic rings. The molecule has 180 valence electrons. The van der Waals surface area contributed by atoms with Gasteiger partial charge in [-0.3, -0.25) is 4.90 Å². The van der Waals surface area contributed by atoms with E-state index in [2.05, 4.69) is 20.3 Å². The minimum absolute atomic E-state index is 0.138. The number of rotatable bonds is 8. The molecule has 0 atom stereocenters. The average Bonchev–Trinajstić information content (AvgIpc) is 2.77. The topological polar surface area (TPSA) is 120 Å². The number of aromatic hydroxyl groups is 1. The molecule has 1 fully saturated rings. The fraction of sp³-hybridized carbons (Fsp3) is 0.350. The summed E-state index contributed by atoms with van der Waals surface area (Å²) in [6, 6.07) is 6.48. The number of phenols is 1. The molecule has 2 aromatic rings. The second-order valence-electron chi connectivity index (χ2n) is 7.16. The minimum atomic E-state index is -4.14. The van der Waals surface area contributed by atoms with E-state index in [4.69, 9.17) is 39.5 Å². The maximum Gasteiger partial charge on any atom is 0.323 e. The second-order valence-corrected chi connectivity index (χ2v) is 10.1. The van der Waals surface area contributed by atoms with Crippen molar-refractivity contribution in [3.63, 3.8) is 0 Å². The molecule has 3 rings (SSSR count). The number of ether oxygens (including phenoxy) is 1. The van der Waals surface area contributed by atoms with Crippen molar-refractivity contribution in [2.24, 2.45) is 0 Å². The number of sulfonamides is 1. The summed E-state index contributed by atoms with van der Waals surface area (Å²) in [6.07, 6.45) is 0.568. The Bertz CT molecular complexity index is 1110. The number of carbonyl (C=O) groups excluding carboxylic acids is 1. The number of morpholine rings is 1. The highest BCUT2D eigenvalue weighted by Crippen LogP contribution is 2.37. The molecule has 4 N–H and O–H groups in total. The number of phenolic OH excluding ortho intramolecular Hbond substituents is 1. The summed E-state index contributed by atoms with van der Waals surface area (Å²) in [7, 11) is -4.14. The maximum absolute atomic E-state index is 12.8. The van der Waals surface area contributed by atoms with Gasteiger partial charge in [-0.15, -0.1) is 0 Å². The van der Waals surface area contributed by atoms with E-state index in [1.54, 1.807) is 12.1 Å². The quantitative estimate of drug-likeness (QED) is 0.298. The van der Waals surface area contributed by atoms with Crippen LogP contribution in [-0.2, 0) is 14.8 Å². The highest BCUT2D eigenvalue weighted by Gasteiger charge is 2.25. The monoisotopic (exact) mass is 536 g/mol. The van der Waals surface area contributed by atoms with Gasteiger partial charge in [0.25, 0.3) is 0 Å². The van der Waals surface area contributed by atoms with Crippen LogP contribution in [0.2, 0.25) is 15.1 Å². The van der Waals surface area contributed by atoms with E-state index in [1.165, 1.54) is 18.2 Å². The number of urea groups is 1. The van der Waals surface area contributed by atoms with Crippen molar-refractivity contribution >= 4 is 62.2 Å². The van der Waals surface area contributed by atoms with E-state index in [1.807, 2.05) is 0 Å². The molecule has 2 aromatic carbocycles. The summed E-state index contributed by atoms with van der Waals surface area (Å²) in [5.41, 5.74) is 0.0913. The number of nitrogens with one attached hydrogen (secondary N) is 3. The molecule has 0 unspecified atom stereocenters. The predicted molar refractivity (Wildman–Crippen MR) is 129 cm³/mol. The Balaban J connectivity index is 1.66. The van der Waals surface area contributed by atoms with Gasteiger partial charge < -0.3 is 20.5 Å². The number of nitrogens with zero attached hydrogens (tertiary/aromatic N) is 1. The Morgan fingerprint density at radius 3 is 2.45 bits per heavy atom. The predicted octanol–water partition coefficient (Wildman–Crippen LogP) is 4.00. The third kappa shape index (κ3) is 6.86. The van der Waals surface area contributed by atoms with Crippen molar-refractivity contribution in [3.8, 4) is 5.75 Å². The molecule has 13 heteroatoms. The van der Waals surface area contributed by atoms with Crippen molar-refractivity contribution in [1.82, 2.24) is 9.62 Å². The summed E-state index contributed by atoms with van der Waals surface area (Å²) in [5, 5.41) is 15.6. The van der Waals surface area contributed by atoms with Gasteiger partial charge in [-0.05, 0) is 37.2 Å². The number of hydrogen-bond acceptors (Lipinski definition) is 6. The van der Waals surface area contributed by atoms with E-state index < -0.39 is 26.7 Å². The number of halogens is 3. The van der Waals surface area contributed by atoms with Crippen molar-refractivity contribution in [2.45, 2.75) is 11.3 Å². The highest BCUT2D eigenvalue weighted by atomic mass is 35.5. The van der Waals surface area contributed by atoms with Gasteiger partial charge in [-0.1, -0.05) is 40.9 Å². The Morgan fingerprint density at radius 2 is 1.73 bits per heavy atom. The minimum Gasteiger partial charge on any atom is -0.504 e. The Morgan fingerprint density at radius 1 is 1.03 bits per heavy atom. The molecular formula is C20H23Cl3N4O5S. The Kier molecular flexibility index (Phi) is 9.05. The van der Waals surface area contributed by atoms with Crippen LogP contribution < -0.4 is 15.4 Å². The Labute approximate surface area is 207 Å². The molecule has 9 nitrogen and oxygen atoms in total. The number of amides is 2. The van der Waals surface area contributed by atoms with Crippen molar-refractivity contribution in [3.05, 3.63) is 45.4 Å². The zero-order chi connectivity index (χ0) is 24.0. The van der Waals surface area contributed by atoms with Crippen LogP contribution in [0, 0.1) is 0 Å². The molecule has 0 aliphatic carbocycles. The SMILES string of the molecule is O=C(Nc1ccc(Cl)c(S(=O)(=O)NCCCN2CCOCC2)c1O)Nc1cccc(Cl)c1Cl. The molecule has 0 saturated carbocycles. The lowest BCUT2D eigenvalue weighted by atomic mass is 10.3. The fourth-order valence-corrected chi connectivity index (χ4v) is 5.24. The van der Waals surface area contributed by atoms with Crippen LogP contribution in [-0.4, -0.2) is 63.8 Å². The fourth-order valence-electron chi connectivity index (χ4n) is 3.19. The normalized spacial score (nSPS) is 14.8. The van der Waals surface area contributed by atoms with E-state index in [-0.39, 0.29) is 33.0 Å². The first kappa shape index (κ1) is 25.8. The zero-order valence-electron chi connectivity index (χ0n) is 17.4. The lowest BCUT2D eigenvalue weighted by molar-refractivity contribution is 0.0376. The summed E-state index contributed by atoms with van der Waals surface area (Å²) in [6.45, 7) is 3.78. The lowest BCUT2D eigenvalue weighted by Crippen LogP contribution is -2.38. The van der Waals surface area contributed by atoms with Gasteiger partial charge in [0, 0.05) is 19.6 Å². The molecule has 0 spiro atoms. The summed E-state index contributed by atoms with van der Waals surface area (Å²) in [4.78, 5) is 14.0. The lowest BCUT2D eigenvalue weighted by Gasteiger charge is -2.26. The van der Waals surface area contributed by atoms with Gasteiger partial charge in [0.15, 0.2) is 5.75 Å². The van der Waals surface area contributed by atoms with E-state index in [9.17, 15) is 18.3 Å². The van der Waals surface area contributed by atoms with Crippen LogP contribution in [0.3, 0.4) is 0 Å². The molecule has 1 saturated heterocycles. The van der Waals surface area contributed by atoms with Crippen LogP contribution in [0.25, 0.3) is 0 Å². The highest BCUT2D eigenvalue weighted by molar-refractivity contribution is 7.89. The van der Waals surface area contributed by atoms with Crippen molar-refractivity contribution in [1.29, 1.82) is 0 Å². The van der Waals surface area contributed by atoms with Crippen molar-refractivity contribution in [2.75, 3.05) is 50.0 Å². The molecule has 0 bridgehead atoms. The summed E-state index contributed by atoms with van der Waals surface area (Å²) < 4.78 is 33.3. The van der Waals surface area contributed by atoms with Crippen LogP contribution in [0.4, 0.5) is 16.2 Å². The first-order valence-corrected chi connectivity index (χ1v) is 12.6. The molecule has 1 aliphatic heterocycles. The molecule has 0 aromatic heterocycles. The second kappa shape index (κ2) is 11.6. The molecule has 0 radical (unpaired) electrons. The number of benzene rings is 2. The zero-order valence-corrected chi connectivity index (χ0v) is 20.5. The van der Waals surface area contributed by atoms with E-state index >= 15 is 0 Å². The third-order valence-electron chi connectivity index (χ3n) is 4.85. The van der Waals surface area contributed by atoms with Crippen LogP contribution in [0.1, 0.15) is 6.42 Å². The first-order valence-electron chi connectivity index (χ1n) is 10.0. The smallest absolute Gasteiger partial charge is 0.323 e. The first-order chi connectivity index (χ1) is 15.7. The van der Waals surface area contributed by atoms with Gasteiger partial charge in [0.05, 0.1) is 39.7 Å². The maximum atomic E-state index is 12.8. The molecular weight excluding hydrogens is 515 g/mol. The number of carbonyl (C=O) groups is 1. The van der Waals surface area contributed by atoms with Crippen LogP contribution >= 0.6 is 34.8 Å². The van der Waals surface area contributed by atoms with Crippen LogP contribution in [0.5, 0.6) is 5.75 Å². The molecule has 1 heterocycles. The molecule has 33 heavy (non-hydrogen) atoms. The van der Waals surface area contributed by atoms with Gasteiger partial charge in [-0.2, -0.15) is 0 Å². The van der Waals surface area contributed by atoms with Gasteiger partial charge in [0.1, 0.15) is 4.90 Å². The van der Waals surface area contributed by atoms with Gasteiger partial charge in [0.2, 0.25) is 10.0 Å². The van der Waals surface area contributed by atoms with Crippen molar-refractivity contribution < 1.29 is 23.1 Å². The largest absolute Gasteiger partial charge is 0.504 e. The number of hydrogen-bond donors (Lipinski definition) is 4. The van der Waals surface area contributed by atoms with E-state index in [0.717, 1.165) is 13.1 Å². The third-order valence-corrected chi connectivity index (χ3v) is 7.63. The average molecular weight is 538 g/mol. The van der Waals surface area contributed by atoms with Crippen LogP contribution in [0.15, 0.2) is 35.2 Å². The van der Waals surface area contributed by atoms with Gasteiger partial charge >= 0.3 is 6.03 Å². The standard InChI is InChI=1S/C20H23Cl3N4O5S/c21-13-3-1-4-15(17(13)23)25-20(29)26-16-6-5-14(22)19(18(16)28)33(30,31)24-7-2-8-27-9-11-32-12-10-27/h1,3-6,24,28H,2,7-12H2,(H2,25,26,29). The van der Waals surface area contributed by atoms with E-state index in [0.29, 0.717) is 26.2 Å². The number of anilines is 2.